The first-order valence-corrected chi connectivity index (χ1v) is 6.25. The monoisotopic (exact) mass is 249 g/mol. The Morgan fingerprint density at radius 2 is 1.94 bits per heavy atom. The topological polar surface area (TPSA) is 58.4 Å². The average molecular weight is 249 g/mol. The van der Waals surface area contributed by atoms with Crippen LogP contribution in [0.5, 0.6) is 0 Å². The van der Waals surface area contributed by atoms with Gasteiger partial charge in [-0.3, -0.25) is 4.79 Å². The summed E-state index contributed by atoms with van der Waals surface area (Å²) in [4.78, 5) is 13.3. The summed E-state index contributed by atoms with van der Waals surface area (Å²) in [6, 6.07) is 10.3. The van der Waals surface area contributed by atoms with Gasteiger partial charge in [-0.15, -0.1) is 0 Å². The molecule has 3 N–H and O–H groups in total. The van der Waals surface area contributed by atoms with Gasteiger partial charge in [0.05, 0.1) is 0 Å². The van der Waals surface area contributed by atoms with Gasteiger partial charge in [-0.1, -0.05) is 30.3 Å². The highest BCUT2D eigenvalue weighted by Crippen LogP contribution is 2.12. The number of carbonyl (C=O) groups is 1. The molecule has 100 valence electrons. The van der Waals surface area contributed by atoms with Crippen LogP contribution in [0.2, 0.25) is 0 Å². The van der Waals surface area contributed by atoms with Crippen molar-refractivity contribution in [2.45, 2.75) is 25.4 Å². The summed E-state index contributed by atoms with van der Waals surface area (Å²) in [6.45, 7) is 2.54. The molecule has 0 bridgehead atoms. The van der Waals surface area contributed by atoms with E-state index < -0.39 is 0 Å². The van der Waals surface area contributed by atoms with Crippen molar-refractivity contribution in [3.63, 3.8) is 0 Å². The van der Waals surface area contributed by atoms with Crippen LogP contribution in [-0.2, 0) is 4.79 Å². The Hall–Kier alpha value is -1.39. The molecule has 0 aliphatic heterocycles. The fraction of sp³-hybridized carbons (Fsp3) is 0.500. The smallest absolute Gasteiger partial charge is 0.223 e. The van der Waals surface area contributed by atoms with E-state index in [0.717, 1.165) is 0 Å². The predicted octanol–water partition coefficient (Wildman–Crippen LogP) is 1.14. The van der Waals surface area contributed by atoms with Gasteiger partial charge >= 0.3 is 0 Å². The lowest BCUT2D eigenvalue weighted by Gasteiger charge is -2.23. The molecule has 2 atom stereocenters. The van der Waals surface area contributed by atoms with E-state index in [1.807, 2.05) is 18.2 Å². The molecular formula is C14H23N3O. The molecule has 18 heavy (non-hydrogen) atoms. The molecule has 1 rings (SSSR count). The summed E-state index contributed by atoms with van der Waals surface area (Å²) >= 11 is 0. The highest BCUT2D eigenvalue weighted by Gasteiger charge is 2.16. The van der Waals surface area contributed by atoms with Crippen molar-refractivity contribution in [2.75, 3.05) is 20.6 Å². The summed E-state index contributed by atoms with van der Waals surface area (Å²) in [7, 11) is 3.52. The second-order valence-electron chi connectivity index (χ2n) is 4.72. The van der Waals surface area contributed by atoms with E-state index in [-0.39, 0.29) is 18.0 Å². The number of nitrogens with zero attached hydrogens (tertiary/aromatic N) is 1. The molecule has 0 fully saturated rings. The number of hydrogen-bond acceptors (Lipinski definition) is 3. The van der Waals surface area contributed by atoms with Gasteiger partial charge < -0.3 is 16.0 Å². The molecule has 1 amide bonds. The Bertz CT molecular complexity index is 365. The molecule has 4 heteroatoms. The van der Waals surface area contributed by atoms with Crippen LogP contribution in [0.1, 0.15) is 24.9 Å². The van der Waals surface area contributed by atoms with Gasteiger partial charge in [0.1, 0.15) is 0 Å². The van der Waals surface area contributed by atoms with Gasteiger partial charge in [-0.2, -0.15) is 0 Å². The van der Waals surface area contributed by atoms with Crippen LogP contribution < -0.4 is 11.1 Å². The highest BCUT2D eigenvalue weighted by molar-refractivity contribution is 5.76. The van der Waals surface area contributed by atoms with E-state index in [0.29, 0.717) is 13.0 Å². The number of hydrogen-bond donors (Lipinski definition) is 2. The third kappa shape index (κ3) is 4.47. The van der Waals surface area contributed by atoms with Crippen LogP contribution in [0, 0.1) is 0 Å². The standard InChI is InChI=1S/C14H23N3O/c1-11(12-7-5-4-6-8-12)16-13(10-15)9-14(18)17(2)3/h4-8,11,13,16H,9-10,15H2,1-3H3. The molecule has 0 heterocycles. The molecule has 0 radical (unpaired) electrons. The minimum atomic E-state index is 0.00936. The average Bonchev–Trinajstić information content (AvgIpc) is 2.38. The highest BCUT2D eigenvalue weighted by atomic mass is 16.2. The SMILES string of the molecule is CC(NC(CN)CC(=O)N(C)C)c1ccccc1. The molecule has 4 nitrogen and oxygen atoms in total. The molecular weight excluding hydrogens is 226 g/mol. The van der Waals surface area contributed by atoms with Crippen molar-refractivity contribution >= 4 is 5.91 Å². The van der Waals surface area contributed by atoms with Gasteiger partial charge in [0.15, 0.2) is 0 Å². The van der Waals surface area contributed by atoms with Crippen LogP contribution in [0.3, 0.4) is 0 Å². The molecule has 0 spiro atoms. The normalized spacial score (nSPS) is 14.0. The minimum absolute atomic E-state index is 0.00936. The summed E-state index contributed by atoms with van der Waals surface area (Å²) < 4.78 is 0. The number of carbonyl (C=O) groups excluding carboxylic acids is 1. The second kappa shape index (κ2) is 7.13. The first kappa shape index (κ1) is 14.7. The molecule has 2 unspecified atom stereocenters. The van der Waals surface area contributed by atoms with Crippen molar-refractivity contribution in [3.05, 3.63) is 35.9 Å². The van der Waals surface area contributed by atoms with E-state index in [1.165, 1.54) is 5.56 Å². The number of nitrogens with one attached hydrogen (secondary N) is 1. The van der Waals surface area contributed by atoms with E-state index >= 15 is 0 Å². The maximum Gasteiger partial charge on any atom is 0.223 e. The maximum atomic E-state index is 11.7. The third-order valence-electron chi connectivity index (χ3n) is 2.99. The zero-order valence-electron chi connectivity index (χ0n) is 11.4. The zero-order valence-corrected chi connectivity index (χ0v) is 11.4. The first-order valence-electron chi connectivity index (χ1n) is 6.25. The third-order valence-corrected chi connectivity index (χ3v) is 2.99. The lowest BCUT2D eigenvalue weighted by Crippen LogP contribution is -2.41. The van der Waals surface area contributed by atoms with Crippen molar-refractivity contribution in [2.24, 2.45) is 5.73 Å². The number of rotatable bonds is 6. The summed E-state index contributed by atoms with van der Waals surface area (Å²) in [5.74, 6) is 0.0956. The van der Waals surface area contributed by atoms with E-state index in [4.69, 9.17) is 5.73 Å². The van der Waals surface area contributed by atoms with Crippen LogP contribution in [0.25, 0.3) is 0 Å². The summed E-state index contributed by atoms with van der Waals surface area (Å²) in [5, 5.41) is 3.40. The molecule has 0 saturated carbocycles. The second-order valence-corrected chi connectivity index (χ2v) is 4.72. The Kier molecular flexibility index (Phi) is 5.82. The van der Waals surface area contributed by atoms with Crippen molar-refractivity contribution in [1.82, 2.24) is 10.2 Å². The Labute approximate surface area is 109 Å². The summed E-state index contributed by atoms with van der Waals surface area (Å²) in [6.07, 6.45) is 0.431. The number of nitrogens with two attached hydrogens (primary N) is 1. The van der Waals surface area contributed by atoms with E-state index in [2.05, 4.69) is 24.4 Å². The Morgan fingerprint density at radius 1 is 1.33 bits per heavy atom. The zero-order chi connectivity index (χ0) is 13.5. The van der Waals surface area contributed by atoms with Crippen molar-refractivity contribution < 1.29 is 4.79 Å². The van der Waals surface area contributed by atoms with Crippen LogP contribution in [0.15, 0.2) is 30.3 Å². The molecule has 0 aromatic heterocycles. The molecule has 0 saturated heterocycles. The number of benzene rings is 1. The molecule has 1 aromatic carbocycles. The van der Waals surface area contributed by atoms with Gasteiger partial charge in [0.25, 0.3) is 0 Å². The minimum Gasteiger partial charge on any atom is -0.349 e. The van der Waals surface area contributed by atoms with E-state index in [9.17, 15) is 4.79 Å². The quantitative estimate of drug-likeness (QED) is 0.795. The van der Waals surface area contributed by atoms with Crippen molar-refractivity contribution in [3.8, 4) is 0 Å². The fourth-order valence-corrected chi connectivity index (χ4v) is 1.80. The Balaban J connectivity index is 2.55. The Morgan fingerprint density at radius 3 is 2.44 bits per heavy atom. The summed E-state index contributed by atoms with van der Waals surface area (Å²) in [5.41, 5.74) is 6.92. The predicted molar refractivity (Wildman–Crippen MR) is 74.1 cm³/mol. The number of amides is 1. The van der Waals surface area contributed by atoms with Gasteiger partial charge in [-0.25, -0.2) is 0 Å². The van der Waals surface area contributed by atoms with Crippen molar-refractivity contribution in [1.29, 1.82) is 0 Å². The lowest BCUT2D eigenvalue weighted by atomic mass is 10.1. The van der Waals surface area contributed by atoms with Gasteiger partial charge in [-0.05, 0) is 12.5 Å². The van der Waals surface area contributed by atoms with Crippen LogP contribution in [-0.4, -0.2) is 37.5 Å². The van der Waals surface area contributed by atoms with E-state index in [1.54, 1.807) is 19.0 Å². The van der Waals surface area contributed by atoms with Gasteiger partial charge in [0.2, 0.25) is 5.91 Å². The largest absolute Gasteiger partial charge is 0.349 e. The maximum absolute atomic E-state index is 11.7. The molecule has 0 aliphatic rings. The lowest BCUT2D eigenvalue weighted by molar-refractivity contribution is -0.129. The van der Waals surface area contributed by atoms with Crippen LogP contribution >= 0.6 is 0 Å². The fourth-order valence-electron chi connectivity index (χ4n) is 1.80. The molecule has 1 aromatic rings. The van der Waals surface area contributed by atoms with Gasteiger partial charge in [0, 0.05) is 39.1 Å². The van der Waals surface area contributed by atoms with Crippen LogP contribution in [0.4, 0.5) is 0 Å². The molecule has 0 aliphatic carbocycles. The first-order chi connectivity index (χ1) is 8.54.